The van der Waals surface area contributed by atoms with E-state index >= 15 is 0 Å². The van der Waals surface area contributed by atoms with Crippen molar-refractivity contribution in [3.8, 4) is 0 Å². The molecule has 2 fully saturated rings. The highest BCUT2D eigenvalue weighted by Crippen LogP contribution is 2.29. The number of amides is 3. The van der Waals surface area contributed by atoms with Crippen LogP contribution in [0.2, 0.25) is 0 Å². The van der Waals surface area contributed by atoms with Gasteiger partial charge in [0.05, 0.1) is 16.5 Å². The number of non-ortho nitro benzene ring substituents is 1. The Labute approximate surface area is 197 Å². The number of aryl methyl sites for hydroxylation is 2. The van der Waals surface area contributed by atoms with Crippen LogP contribution in [0.15, 0.2) is 42.5 Å². The zero-order valence-electron chi connectivity index (χ0n) is 19.3. The van der Waals surface area contributed by atoms with Gasteiger partial charge in [-0.05, 0) is 44.4 Å². The van der Waals surface area contributed by atoms with Crippen molar-refractivity contribution in [3.05, 3.63) is 63.7 Å². The van der Waals surface area contributed by atoms with Crippen LogP contribution >= 0.6 is 0 Å². The van der Waals surface area contributed by atoms with Gasteiger partial charge in [0.2, 0.25) is 17.7 Å². The van der Waals surface area contributed by atoms with Crippen molar-refractivity contribution >= 4 is 34.8 Å². The molecule has 0 spiro atoms. The first-order valence-corrected chi connectivity index (χ1v) is 11.4. The molecule has 2 aromatic carbocycles. The largest absolute Gasteiger partial charge is 0.342 e. The smallest absolute Gasteiger partial charge is 0.271 e. The highest BCUT2D eigenvalue weighted by atomic mass is 16.6. The number of nitro groups is 1. The summed E-state index contributed by atoms with van der Waals surface area (Å²) in [4.78, 5) is 52.3. The van der Waals surface area contributed by atoms with Crippen molar-refractivity contribution in [1.29, 1.82) is 0 Å². The molecule has 0 bridgehead atoms. The first-order valence-electron chi connectivity index (χ1n) is 11.4. The van der Waals surface area contributed by atoms with E-state index in [1.807, 2.05) is 31.2 Å². The second-order valence-electron chi connectivity index (χ2n) is 9.09. The maximum absolute atomic E-state index is 13.1. The molecule has 0 radical (unpaired) electrons. The van der Waals surface area contributed by atoms with Gasteiger partial charge in [0.1, 0.15) is 0 Å². The van der Waals surface area contributed by atoms with Crippen molar-refractivity contribution in [1.82, 2.24) is 4.90 Å². The molecular formula is C25H28N4O5. The quantitative estimate of drug-likeness (QED) is 0.538. The number of piperidine rings is 1. The second kappa shape index (κ2) is 9.62. The Hall–Kier alpha value is -3.75. The number of benzene rings is 2. The molecule has 4 rings (SSSR count). The number of nitro benzene ring substituents is 1. The van der Waals surface area contributed by atoms with Crippen LogP contribution in [0.3, 0.4) is 0 Å². The van der Waals surface area contributed by atoms with Gasteiger partial charge in [0.25, 0.3) is 5.69 Å². The molecule has 9 heteroatoms. The molecule has 2 aliphatic rings. The van der Waals surface area contributed by atoms with Gasteiger partial charge in [0.15, 0.2) is 0 Å². The lowest BCUT2D eigenvalue weighted by Crippen LogP contribution is -2.44. The topological polar surface area (TPSA) is 113 Å². The summed E-state index contributed by atoms with van der Waals surface area (Å²) in [6.07, 6.45) is 1.21. The molecular weight excluding hydrogens is 436 g/mol. The van der Waals surface area contributed by atoms with E-state index in [4.69, 9.17) is 0 Å². The summed E-state index contributed by atoms with van der Waals surface area (Å²) in [5.41, 5.74) is 3.01. The number of nitrogens with zero attached hydrogens (tertiary/aromatic N) is 3. The predicted molar refractivity (Wildman–Crippen MR) is 127 cm³/mol. The summed E-state index contributed by atoms with van der Waals surface area (Å²) >= 11 is 0. The Morgan fingerprint density at radius 2 is 1.71 bits per heavy atom. The van der Waals surface area contributed by atoms with Gasteiger partial charge in [0, 0.05) is 49.8 Å². The zero-order chi connectivity index (χ0) is 24.4. The number of likely N-dealkylation sites (tertiary alicyclic amines) is 1. The SMILES string of the molecule is Cc1ccc(N2C[C@@H](C(=O)N3CCC(C(=O)Nc4cc([N+](=O)[O-])ccc4C)CC3)CC2=O)cc1. The Balaban J connectivity index is 1.32. The van der Waals surface area contributed by atoms with E-state index in [0.717, 1.165) is 16.8 Å². The van der Waals surface area contributed by atoms with Crippen LogP contribution in [0.25, 0.3) is 0 Å². The average Bonchev–Trinajstić information content (AvgIpc) is 3.22. The van der Waals surface area contributed by atoms with Crippen LogP contribution in [-0.4, -0.2) is 47.2 Å². The number of rotatable bonds is 5. The molecule has 3 amide bonds. The van der Waals surface area contributed by atoms with Crippen molar-refractivity contribution in [2.75, 3.05) is 29.9 Å². The minimum atomic E-state index is -0.493. The van der Waals surface area contributed by atoms with Crippen LogP contribution < -0.4 is 10.2 Å². The van der Waals surface area contributed by atoms with E-state index in [1.165, 1.54) is 12.1 Å². The van der Waals surface area contributed by atoms with Gasteiger partial charge < -0.3 is 15.1 Å². The Morgan fingerprint density at radius 3 is 2.35 bits per heavy atom. The van der Waals surface area contributed by atoms with Gasteiger partial charge in [-0.25, -0.2) is 0 Å². The van der Waals surface area contributed by atoms with Gasteiger partial charge in [-0.15, -0.1) is 0 Å². The molecule has 178 valence electrons. The van der Waals surface area contributed by atoms with Crippen LogP contribution in [0.4, 0.5) is 17.1 Å². The third kappa shape index (κ3) is 4.93. The van der Waals surface area contributed by atoms with E-state index in [-0.39, 0.29) is 41.7 Å². The third-order valence-electron chi connectivity index (χ3n) is 6.69. The van der Waals surface area contributed by atoms with E-state index in [2.05, 4.69) is 5.32 Å². The van der Waals surface area contributed by atoms with E-state index in [0.29, 0.717) is 38.2 Å². The summed E-state index contributed by atoms with van der Waals surface area (Å²) in [5, 5.41) is 13.8. The Morgan fingerprint density at radius 1 is 1.03 bits per heavy atom. The molecule has 9 nitrogen and oxygen atoms in total. The molecule has 2 saturated heterocycles. The van der Waals surface area contributed by atoms with Gasteiger partial charge in [-0.3, -0.25) is 24.5 Å². The molecule has 2 aliphatic heterocycles. The zero-order valence-corrected chi connectivity index (χ0v) is 19.3. The monoisotopic (exact) mass is 464 g/mol. The Bertz CT molecular complexity index is 1120. The van der Waals surface area contributed by atoms with Crippen LogP contribution in [0.5, 0.6) is 0 Å². The number of anilines is 2. The van der Waals surface area contributed by atoms with E-state index in [9.17, 15) is 24.5 Å². The molecule has 0 unspecified atom stereocenters. The van der Waals surface area contributed by atoms with Gasteiger partial charge >= 0.3 is 0 Å². The van der Waals surface area contributed by atoms with Crippen molar-refractivity contribution in [2.45, 2.75) is 33.1 Å². The molecule has 1 atom stereocenters. The first kappa shape index (κ1) is 23.4. The minimum absolute atomic E-state index is 0.0450. The number of hydrogen-bond donors (Lipinski definition) is 1. The first-order chi connectivity index (χ1) is 16.2. The summed E-state index contributed by atoms with van der Waals surface area (Å²) in [7, 11) is 0. The summed E-state index contributed by atoms with van der Waals surface area (Å²) in [6, 6.07) is 12.1. The van der Waals surface area contributed by atoms with Gasteiger partial charge in [-0.2, -0.15) is 0 Å². The van der Waals surface area contributed by atoms with Crippen LogP contribution in [-0.2, 0) is 14.4 Å². The molecule has 34 heavy (non-hydrogen) atoms. The predicted octanol–water partition coefficient (Wildman–Crippen LogP) is 3.44. The molecule has 2 heterocycles. The van der Waals surface area contributed by atoms with Crippen LogP contribution in [0, 0.1) is 35.8 Å². The van der Waals surface area contributed by atoms with E-state index in [1.54, 1.807) is 22.8 Å². The summed E-state index contributed by atoms with van der Waals surface area (Å²) < 4.78 is 0. The summed E-state index contributed by atoms with van der Waals surface area (Å²) in [6.45, 7) is 5.02. The molecule has 0 saturated carbocycles. The third-order valence-corrected chi connectivity index (χ3v) is 6.69. The number of nitrogens with one attached hydrogen (secondary N) is 1. The van der Waals surface area contributed by atoms with Crippen molar-refractivity contribution < 1.29 is 19.3 Å². The lowest BCUT2D eigenvalue weighted by Gasteiger charge is -2.33. The molecule has 0 aromatic heterocycles. The highest BCUT2D eigenvalue weighted by Gasteiger charge is 2.38. The second-order valence-corrected chi connectivity index (χ2v) is 9.09. The maximum Gasteiger partial charge on any atom is 0.271 e. The standard InChI is InChI=1S/C25H28N4O5/c1-16-3-6-20(7-4-16)28-15-19(13-23(28)30)25(32)27-11-9-18(10-12-27)24(31)26-22-14-21(29(33)34)8-5-17(22)2/h3-8,14,18-19H,9-13,15H2,1-2H3,(H,26,31)/t19-/m0/s1. The lowest BCUT2D eigenvalue weighted by atomic mass is 9.94. The minimum Gasteiger partial charge on any atom is -0.342 e. The molecule has 2 aromatic rings. The fraction of sp³-hybridized carbons (Fsp3) is 0.400. The number of carbonyl (C=O) groups is 3. The lowest BCUT2D eigenvalue weighted by molar-refractivity contribution is -0.384. The van der Waals surface area contributed by atoms with Gasteiger partial charge in [-0.1, -0.05) is 23.8 Å². The van der Waals surface area contributed by atoms with Crippen molar-refractivity contribution in [2.24, 2.45) is 11.8 Å². The maximum atomic E-state index is 13.1. The van der Waals surface area contributed by atoms with Crippen molar-refractivity contribution in [3.63, 3.8) is 0 Å². The van der Waals surface area contributed by atoms with Crippen LogP contribution in [0.1, 0.15) is 30.4 Å². The average molecular weight is 465 g/mol. The molecule has 1 N–H and O–H groups in total. The Kier molecular flexibility index (Phi) is 6.63. The van der Waals surface area contributed by atoms with E-state index < -0.39 is 4.92 Å². The number of carbonyl (C=O) groups excluding carboxylic acids is 3. The summed E-state index contributed by atoms with van der Waals surface area (Å²) in [5.74, 6) is -0.957. The highest BCUT2D eigenvalue weighted by molar-refractivity contribution is 6.00. The normalized spacial score (nSPS) is 18.8. The fourth-order valence-electron chi connectivity index (χ4n) is 4.56. The number of hydrogen-bond acceptors (Lipinski definition) is 5. The molecule has 0 aliphatic carbocycles. The fourth-order valence-corrected chi connectivity index (χ4v) is 4.56.